The second kappa shape index (κ2) is 8.41. The van der Waals surface area contributed by atoms with Gasteiger partial charge in [0, 0.05) is 17.9 Å². The van der Waals surface area contributed by atoms with Gasteiger partial charge in [0.1, 0.15) is 0 Å². The summed E-state index contributed by atoms with van der Waals surface area (Å²) in [7, 11) is 0. The first-order chi connectivity index (χ1) is 12.5. The third-order valence-corrected chi connectivity index (χ3v) is 5.65. The highest BCUT2D eigenvalue weighted by Crippen LogP contribution is 2.28. The fourth-order valence-corrected chi connectivity index (χ4v) is 3.83. The lowest BCUT2D eigenvalue weighted by atomic mass is 10.0. The Hall–Kier alpha value is -2.27. The van der Waals surface area contributed by atoms with Crippen LogP contribution in [-0.2, 0) is 16.0 Å². The van der Waals surface area contributed by atoms with Crippen molar-refractivity contribution >= 4 is 35.0 Å². The molecule has 0 fully saturated rings. The first-order valence-electron chi connectivity index (χ1n) is 8.92. The molecular formula is C21H24N2O2S. The molecule has 1 N–H and O–H groups in total. The number of hydrogen-bond donors (Lipinski definition) is 1. The van der Waals surface area contributed by atoms with Crippen LogP contribution in [0.4, 0.5) is 11.4 Å². The summed E-state index contributed by atoms with van der Waals surface area (Å²) < 4.78 is 0. The number of benzene rings is 2. The van der Waals surface area contributed by atoms with Gasteiger partial charge in [0.2, 0.25) is 11.8 Å². The van der Waals surface area contributed by atoms with Gasteiger partial charge in [-0.05, 0) is 50.5 Å². The van der Waals surface area contributed by atoms with E-state index in [9.17, 15) is 9.59 Å². The summed E-state index contributed by atoms with van der Waals surface area (Å²) in [4.78, 5) is 26.9. The molecule has 0 spiro atoms. The van der Waals surface area contributed by atoms with Crippen LogP contribution < -0.4 is 10.2 Å². The number of amides is 2. The van der Waals surface area contributed by atoms with Crippen LogP contribution in [0.1, 0.15) is 24.5 Å². The molecule has 1 heterocycles. The Morgan fingerprint density at radius 2 is 1.88 bits per heavy atom. The standard InChI is InChI=1S/C21H24N2O2S/c1-15-9-11-18(12-10-15)22-20(24)14-26-16(2)21(25)23-13-5-7-17-6-3-4-8-19(17)23/h3-4,6,8-12,16H,5,7,13-14H2,1-2H3,(H,22,24). The van der Waals surface area contributed by atoms with Crippen molar-refractivity contribution < 1.29 is 9.59 Å². The van der Waals surface area contributed by atoms with Crippen LogP contribution in [0.5, 0.6) is 0 Å². The Kier molecular flexibility index (Phi) is 5.99. The first-order valence-corrected chi connectivity index (χ1v) is 9.97. The van der Waals surface area contributed by atoms with E-state index in [1.165, 1.54) is 17.3 Å². The van der Waals surface area contributed by atoms with E-state index < -0.39 is 0 Å². The van der Waals surface area contributed by atoms with Crippen molar-refractivity contribution in [2.24, 2.45) is 0 Å². The quantitative estimate of drug-likeness (QED) is 0.867. The molecule has 26 heavy (non-hydrogen) atoms. The van der Waals surface area contributed by atoms with Crippen LogP contribution in [0.3, 0.4) is 0 Å². The monoisotopic (exact) mass is 368 g/mol. The summed E-state index contributed by atoms with van der Waals surface area (Å²) in [5, 5.41) is 2.61. The third kappa shape index (κ3) is 4.47. The number of rotatable bonds is 5. The minimum absolute atomic E-state index is 0.0743. The molecule has 3 rings (SSSR count). The molecule has 2 aromatic rings. The molecule has 1 aliphatic heterocycles. The minimum atomic E-state index is -0.259. The normalized spacial score (nSPS) is 14.5. The highest BCUT2D eigenvalue weighted by molar-refractivity contribution is 8.01. The van der Waals surface area contributed by atoms with Crippen LogP contribution in [0.15, 0.2) is 48.5 Å². The van der Waals surface area contributed by atoms with Gasteiger partial charge in [-0.25, -0.2) is 0 Å². The Bertz CT molecular complexity index is 789. The van der Waals surface area contributed by atoms with E-state index in [4.69, 9.17) is 0 Å². The maximum Gasteiger partial charge on any atom is 0.239 e. The number of anilines is 2. The molecule has 5 heteroatoms. The van der Waals surface area contributed by atoms with Crippen molar-refractivity contribution in [2.75, 3.05) is 22.5 Å². The molecule has 136 valence electrons. The molecule has 0 aromatic heterocycles. The summed E-state index contributed by atoms with van der Waals surface area (Å²) >= 11 is 1.38. The molecule has 2 amide bonds. The van der Waals surface area contributed by atoms with Gasteiger partial charge in [-0.2, -0.15) is 0 Å². The molecule has 1 unspecified atom stereocenters. The minimum Gasteiger partial charge on any atom is -0.325 e. The lowest BCUT2D eigenvalue weighted by Crippen LogP contribution is -2.40. The Labute approximate surface area is 159 Å². The number of thioether (sulfide) groups is 1. The van der Waals surface area contributed by atoms with Crippen LogP contribution in [0, 0.1) is 6.92 Å². The fraction of sp³-hybridized carbons (Fsp3) is 0.333. The number of carbonyl (C=O) groups is 2. The number of fused-ring (bicyclic) bond motifs is 1. The zero-order valence-corrected chi connectivity index (χ0v) is 16.0. The van der Waals surface area contributed by atoms with Crippen molar-refractivity contribution in [3.8, 4) is 0 Å². The number of nitrogens with one attached hydrogen (secondary N) is 1. The van der Waals surface area contributed by atoms with Crippen molar-refractivity contribution in [1.82, 2.24) is 0 Å². The van der Waals surface area contributed by atoms with Crippen molar-refractivity contribution in [3.05, 3.63) is 59.7 Å². The smallest absolute Gasteiger partial charge is 0.239 e. The van der Waals surface area contributed by atoms with Crippen LogP contribution in [-0.4, -0.2) is 29.4 Å². The van der Waals surface area contributed by atoms with E-state index in [1.54, 1.807) is 0 Å². The molecule has 4 nitrogen and oxygen atoms in total. The molecular weight excluding hydrogens is 344 g/mol. The predicted molar refractivity (Wildman–Crippen MR) is 109 cm³/mol. The topological polar surface area (TPSA) is 49.4 Å². The summed E-state index contributed by atoms with van der Waals surface area (Å²) in [6.07, 6.45) is 1.99. The summed E-state index contributed by atoms with van der Waals surface area (Å²) in [5.74, 6) is 0.249. The lowest BCUT2D eigenvalue weighted by molar-refractivity contribution is -0.117. The van der Waals surface area contributed by atoms with E-state index in [1.807, 2.05) is 61.2 Å². The molecule has 0 bridgehead atoms. The van der Waals surface area contributed by atoms with Crippen LogP contribution in [0.25, 0.3) is 0 Å². The van der Waals surface area contributed by atoms with E-state index >= 15 is 0 Å². The van der Waals surface area contributed by atoms with E-state index in [2.05, 4.69) is 11.4 Å². The maximum absolute atomic E-state index is 12.8. The molecule has 0 radical (unpaired) electrons. The van der Waals surface area contributed by atoms with Gasteiger partial charge < -0.3 is 10.2 Å². The molecule has 0 saturated heterocycles. The highest BCUT2D eigenvalue weighted by atomic mass is 32.2. The summed E-state index contributed by atoms with van der Waals surface area (Å²) in [6.45, 7) is 4.63. The Balaban J connectivity index is 1.55. The second-order valence-corrected chi connectivity index (χ2v) is 7.92. The van der Waals surface area contributed by atoms with E-state index in [0.29, 0.717) is 0 Å². The molecule has 1 aliphatic rings. The number of carbonyl (C=O) groups excluding carboxylic acids is 2. The first kappa shape index (κ1) is 18.5. The van der Waals surface area contributed by atoms with Gasteiger partial charge in [0.15, 0.2) is 0 Å². The Morgan fingerprint density at radius 3 is 2.65 bits per heavy atom. The second-order valence-electron chi connectivity index (χ2n) is 6.59. The van der Waals surface area contributed by atoms with Crippen molar-refractivity contribution in [1.29, 1.82) is 0 Å². The van der Waals surface area contributed by atoms with Gasteiger partial charge in [-0.15, -0.1) is 11.8 Å². The zero-order valence-electron chi connectivity index (χ0n) is 15.2. The van der Waals surface area contributed by atoms with Gasteiger partial charge in [0.05, 0.1) is 11.0 Å². The van der Waals surface area contributed by atoms with Crippen LogP contribution in [0.2, 0.25) is 0 Å². The van der Waals surface area contributed by atoms with E-state index in [-0.39, 0.29) is 22.8 Å². The average Bonchev–Trinajstić information content (AvgIpc) is 2.67. The lowest BCUT2D eigenvalue weighted by Gasteiger charge is -2.31. The van der Waals surface area contributed by atoms with Gasteiger partial charge >= 0.3 is 0 Å². The summed E-state index contributed by atoms with van der Waals surface area (Å²) in [5.41, 5.74) is 4.17. The molecule has 0 aliphatic carbocycles. The number of aryl methyl sites for hydroxylation is 2. The SMILES string of the molecule is Cc1ccc(NC(=O)CSC(C)C(=O)N2CCCc3ccccc32)cc1. The zero-order chi connectivity index (χ0) is 18.5. The largest absolute Gasteiger partial charge is 0.325 e. The van der Waals surface area contributed by atoms with Gasteiger partial charge in [-0.3, -0.25) is 9.59 Å². The van der Waals surface area contributed by atoms with Crippen LogP contribution >= 0.6 is 11.8 Å². The number of hydrogen-bond acceptors (Lipinski definition) is 3. The van der Waals surface area contributed by atoms with Gasteiger partial charge in [-0.1, -0.05) is 35.9 Å². The van der Waals surface area contributed by atoms with Crippen molar-refractivity contribution in [3.63, 3.8) is 0 Å². The molecule has 0 saturated carbocycles. The average molecular weight is 369 g/mol. The highest BCUT2D eigenvalue weighted by Gasteiger charge is 2.26. The summed E-state index contributed by atoms with van der Waals surface area (Å²) in [6, 6.07) is 15.8. The van der Waals surface area contributed by atoms with Gasteiger partial charge in [0.25, 0.3) is 0 Å². The fourth-order valence-electron chi connectivity index (χ4n) is 3.09. The maximum atomic E-state index is 12.8. The third-order valence-electron chi connectivity index (χ3n) is 4.52. The molecule has 2 aromatic carbocycles. The number of nitrogens with zero attached hydrogens (tertiary/aromatic N) is 1. The Morgan fingerprint density at radius 1 is 1.15 bits per heavy atom. The molecule has 1 atom stereocenters. The van der Waals surface area contributed by atoms with E-state index in [0.717, 1.165) is 36.3 Å². The number of para-hydroxylation sites is 1. The van der Waals surface area contributed by atoms with Crippen molar-refractivity contribution in [2.45, 2.75) is 31.9 Å². The predicted octanol–water partition coefficient (Wildman–Crippen LogP) is 4.03.